The minimum absolute atomic E-state index is 0.0716. The van der Waals surface area contributed by atoms with Gasteiger partial charge >= 0.3 is 12.0 Å². The highest BCUT2D eigenvalue weighted by Gasteiger charge is 2.25. The van der Waals surface area contributed by atoms with Crippen molar-refractivity contribution in [1.82, 2.24) is 10.2 Å². The number of amides is 2. The van der Waals surface area contributed by atoms with Gasteiger partial charge < -0.3 is 24.8 Å². The number of nitrogens with zero attached hydrogens (tertiary/aromatic N) is 1. The maximum atomic E-state index is 12.1. The number of hydrogen-bond donors (Lipinski definition) is 2. The number of aliphatic carboxylic acids is 1. The van der Waals surface area contributed by atoms with Crippen molar-refractivity contribution in [2.24, 2.45) is 0 Å². The van der Waals surface area contributed by atoms with Crippen LogP contribution in [0.2, 0.25) is 0 Å². The van der Waals surface area contributed by atoms with Crippen LogP contribution >= 0.6 is 0 Å². The van der Waals surface area contributed by atoms with Crippen LogP contribution in [0, 0.1) is 12.3 Å². The molecule has 0 aliphatic carbocycles. The zero-order valence-electron chi connectivity index (χ0n) is 12.1. The molecule has 0 aromatic rings. The Hall–Kier alpha value is -1.78. The van der Waals surface area contributed by atoms with Crippen molar-refractivity contribution in [3.8, 4) is 12.3 Å². The van der Waals surface area contributed by atoms with Crippen molar-refractivity contribution in [3.63, 3.8) is 0 Å². The minimum Gasteiger partial charge on any atom is -0.480 e. The molecule has 0 saturated heterocycles. The van der Waals surface area contributed by atoms with Crippen LogP contribution in [-0.4, -0.2) is 68.1 Å². The van der Waals surface area contributed by atoms with Gasteiger partial charge in [0.1, 0.15) is 6.04 Å². The maximum Gasteiger partial charge on any atom is 0.327 e. The lowest BCUT2D eigenvalue weighted by atomic mass is 10.2. The number of carboxylic acid groups (broad SMARTS) is 1. The summed E-state index contributed by atoms with van der Waals surface area (Å²) in [4.78, 5) is 24.6. The predicted octanol–water partition coefficient (Wildman–Crippen LogP) is 0.156. The van der Waals surface area contributed by atoms with Crippen LogP contribution in [0.4, 0.5) is 4.79 Å². The molecule has 2 unspecified atom stereocenters. The number of methoxy groups -OCH3 is 2. The molecule has 0 aromatic heterocycles. The molecule has 0 aliphatic heterocycles. The van der Waals surface area contributed by atoms with E-state index in [0.29, 0.717) is 19.8 Å². The highest BCUT2D eigenvalue weighted by molar-refractivity contribution is 5.83. The Kier molecular flexibility index (Phi) is 9.17. The number of carbonyl (C=O) groups excluding carboxylic acids is 1. The summed E-state index contributed by atoms with van der Waals surface area (Å²) in [6.07, 6.45) is 5.02. The molecule has 0 radical (unpaired) electrons. The SMILES string of the molecule is C#CCC(NC(=O)N(CCOC)C(C)COC)C(=O)O. The van der Waals surface area contributed by atoms with E-state index >= 15 is 0 Å². The zero-order valence-corrected chi connectivity index (χ0v) is 12.1. The smallest absolute Gasteiger partial charge is 0.327 e. The number of hydrogen-bond acceptors (Lipinski definition) is 4. The van der Waals surface area contributed by atoms with Gasteiger partial charge in [-0.3, -0.25) is 0 Å². The van der Waals surface area contributed by atoms with Gasteiger partial charge in [-0.25, -0.2) is 9.59 Å². The molecule has 20 heavy (non-hydrogen) atoms. The Morgan fingerprint density at radius 3 is 2.50 bits per heavy atom. The molecule has 2 atom stereocenters. The molecular formula is C13H22N2O5. The van der Waals surface area contributed by atoms with Gasteiger partial charge in [-0.05, 0) is 6.92 Å². The number of rotatable bonds is 9. The Morgan fingerprint density at radius 2 is 2.05 bits per heavy atom. The molecule has 7 heteroatoms. The molecule has 0 saturated carbocycles. The summed E-state index contributed by atoms with van der Waals surface area (Å²) >= 11 is 0. The van der Waals surface area contributed by atoms with E-state index in [1.54, 1.807) is 6.92 Å². The molecule has 7 nitrogen and oxygen atoms in total. The van der Waals surface area contributed by atoms with Gasteiger partial charge in [0.05, 0.1) is 19.3 Å². The summed E-state index contributed by atoms with van der Waals surface area (Å²) in [5, 5.41) is 11.4. The summed E-state index contributed by atoms with van der Waals surface area (Å²) < 4.78 is 9.94. The third kappa shape index (κ3) is 6.41. The standard InChI is InChI=1S/C13H22N2O5/c1-5-6-11(12(16)17)14-13(18)15(7-8-19-3)10(2)9-20-4/h1,10-11H,6-9H2,2-4H3,(H,14,18)(H,16,17). The molecule has 114 valence electrons. The predicted molar refractivity (Wildman–Crippen MR) is 73.3 cm³/mol. The van der Waals surface area contributed by atoms with Crippen LogP contribution in [0.15, 0.2) is 0 Å². The molecule has 0 spiro atoms. The molecule has 0 aromatic carbocycles. The molecule has 2 N–H and O–H groups in total. The first-order chi connectivity index (χ1) is 9.47. The van der Waals surface area contributed by atoms with Crippen LogP contribution < -0.4 is 5.32 Å². The molecular weight excluding hydrogens is 264 g/mol. The Balaban J connectivity index is 4.75. The number of ether oxygens (including phenoxy) is 2. The fourth-order valence-electron chi connectivity index (χ4n) is 1.59. The quantitative estimate of drug-likeness (QED) is 0.589. The van der Waals surface area contributed by atoms with E-state index in [4.69, 9.17) is 21.0 Å². The second-order valence-electron chi connectivity index (χ2n) is 4.24. The highest BCUT2D eigenvalue weighted by atomic mass is 16.5. The number of terminal acetylenes is 1. The number of urea groups is 1. The molecule has 0 aliphatic rings. The summed E-state index contributed by atoms with van der Waals surface area (Å²) in [5.74, 6) is 1.06. The largest absolute Gasteiger partial charge is 0.480 e. The Bertz CT molecular complexity index is 353. The van der Waals surface area contributed by atoms with E-state index in [1.165, 1.54) is 19.1 Å². The molecule has 2 amide bonds. The number of carboxylic acids is 1. The third-order valence-corrected chi connectivity index (χ3v) is 2.65. The van der Waals surface area contributed by atoms with Gasteiger partial charge in [0, 0.05) is 27.2 Å². The fourth-order valence-corrected chi connectivity index (χ4v) is 1.59. The Labute approximate surface area is 119 Å². The van der Waals surface area contributed by atoms with Gasteiger partial charge in [-0.15, -0.1) is 12.3 Å². The van der Waals surface area contributed by atoms with Crippen molar-refractivity contribution in [2.75, 3.05) is 34.0 Å². The van der Waals surface area contributed by atoms with Crippen molar-refractivity contribution in [2.45, 2.75) is 25.4 Å². The lowest BCUT2D eigenvalue weighted by Crippen LogP contribution is -2.52. The number of nitrogens with one attached hydrogen (secondary N) is 1. The third-order valence-electron chi connectivity index (χ3n) is 2.65. The van der Waals surface area contributed by atoms with E-state index in [0.717, 1.165) is 0 Å². The van der Waals surface area contributed by atoms with Crippen LogP contribution in [0.3, 0.4) is 0 Å². The first-order valence-corrected chi connectivity index (χ1v) is 6.19. The minimum atomic E-state index is -1.16. The van der Waals surface area contributed by atoms with E-state index in [-0.39, 0.29) is 12.5 Å². The van der Waals surface area contributed by atoms with E-state index in [2.05, 4.69) is 11.2 Å². The second-order valence-corrected chi connectivity index (χ2v) is 4.24. The van der Waals surface area contributed by atoms with Crippen molar-refractivity contribution in [3.05, 3.63) is 0 Å². The monoisotopic (exact) mass is 286 g/mol. The lowest BCUT2D eigenvalue weighted by Gasteiger charge is -2.29. The first kappa shape index (κ1) is 18.2. The van der Waals surface area contributed by atoms with Crippen LogP contribution in [0.25, 0.3) is 0 Å². The van der Waals surface area contributed by atoms with Crippen LogP contribution in [0.1, 0.15) is 13.3 Å². The van der Waals surface area contributed by atoms with Gasteiger partial charge in [0.15, 0.2) is 0 Å². The lowest BCUT2D eigenvalue weighted by molar-refractivity contribution is -0.139. The van der Waals surface area contributed by atoms with Gasteiger partial charge in [-0.2, -0.15) is 0 Å². The molecule has 0 heterocycles. The normalized spacial score (nSPS) is 13.1. The average molecular weight is 286 g/mol. The average Bonchev–Trinajstić information content (AvgIpc) is 2.38. The molecule has 0 fully saturated rings. The summed E-state index contributed by atoms with van der Waals surface area (Å²) in [5.41, 5.74) is 0. The topological polar surface area (TPSA) is 88.1 Å². The summed E-state index contributed by atoms with van der Waals surface area (Å²) in [6.45, 7) is 2.81. The number of carbonyl (C=O) groups is 2. The maximum absolute atomic E-state index is 12.1. The zero-order chi connectivity index (χ0) is 15.5. The van der Waals surface area contributed by atoms with Crippen molar-refractivity contribution in [1.29, 1.82) is 0 Å². The molecule has 0 bridgehead atoms. The van der Waals surface area contributed by atoms with Gasteiger partial charge in [-0.1, -0.05) is 0 Å². The van der Waals surface area contributed by atoms with Crippen LogP contribution in [0.5, 0.6) is 0 Å². The summed E-state index contributed by atoms with van der Waals surface area (Å²) in [6, 6.07) is -1.82. The fraction of sp³-hybridized carbons (Fsp3) is 0.692. The van der Waals surface area contributed by atoms with Crippen molar-refractivity contribution >= 4 is 12.0 Å². The first-order valence-electron chi connectivity index (χ1n) is 6.19. The summed E-state index contributed by atoms with van der Waals surface area (Å²) in [7, 11) is 3.05. The second kappa shape index (κ2) is 10.1. The van der Waals surface area contributed by atoms with E-state index in [9.17, 15) is 9.59 Å². The van der Waals surface area contributed by atoms with Crippen LogP contribution in [-0.2, 0) is 14.3 Å². The highest BCUT2D eigenvalue weighted by Crippen LogP contribution is 2.02. The molecule has 0 rings (SSSR count). The van der Waals surface area contributed by atoms with Gasteiger partial charge in [0.25, 0.3) is 0 Å². The Morgan fingerprint density at radius 1 is 1.40 bits per heavy atom. The van der Waals surface area contributed by atoms with E-state index in [1.807, 2.05) is 0 Å². The van der Waals surface area contributed by atoms with Crippen molar-refractivity contribution < 1.29 is 24.2 Å². The van der Waals surface area contributed by atoms with Gasteiger partial charge in [0.2, 0.25) is 0 Å². The van der Waals surface area contributed by atoms with E-state index < -0.39 is 18.0 Å².